The summed E-state index contributed by atoms with van der Waals surface area (Å²) in [6.45, 7) is 7.80. The highest BCUT2D eigenvalue weighted by molar-refractivity contribution is 5.90. The molecule has 4 aromatic heterocycles. The zero-order valence-electron chi connectivity index (χ0n) is 29.2. The molecule has 6 rings (SSSR count). The summed E-state index contributed by atoms with van der Waals surface area (Å²) in [5.41, 5.74) is 8.83. The van der Waals surface area contributed by atoms with Crippen molar-refractivity contribution in [1.29, 1.82) is 0 Å². The van der Waals surface area contributed by atoms with Crippen LogP contribution in [0.25, 0.3) is 22.1 Å². The van der Waals surface area contributed by atoms with Gasteiger partial charge in [-0.05, 0) is 67.6 Å². The third kappa shape index (κ3) is 6.86. The van der Waals surface area contributed by atoms with Crippen LogP contribution in [0.2, 0.25) is 0 Å². The fourth-order valence-electron chi connectivity index (χ4n) is 5.67. The lowest BCUT2D eigenvalue weighted by Crippen LogP contribution is -2.18. The van der Waals surface area contributed by atoms with Gasteiger partial charge in [0.25, 0.3) is 0 Å². The Labute approximate surface area is 281 Å². The van der Waals surface area contributed by atoms with Crippen LogP contribution in [0.4, 0.5) is 23.0 Å². The van der Waals surface area contributed by atoms with Crippen LogP contribution >= 0.6 is 0 Å². The summed E-state index contributed by atoms with van der Waals surface area (Å²) < 4.78 is 8.76. The summed E-state index contributed by atoms with van der Waals surface area (Å²) in [7, 11) is 9.32. The van der Waals surface area contributed by atoms with E-state index in [1.807, 2.05) is 86.4 Å². The van der Waals surface area contributed by atoms with E-state index in [2.05, 4.69) is 50.8 Å². The number of hydrogen-bond donors (Lipinski definition) is 1. The summed E-state index contributed by atoms with van der Waals surface area (Å²) in [4.78, 5) is 33.5. The second-order valence-electron chi connectivity index (χ2n) is 12.3. The van der Waals surface area contributed by atoms with Gasteiger partial charge in [-0.1, -0.05) is 26.0 Å². The molecule has 11 nitrogen and oxygen atoms in total. The molecule has 0 spiro atoms. The van der Waals surface area contributed by atoms with Gasteiger partial charge in [0.15, 0.2) is 0 Å². The molecule has 0 atom stereocenters. The molecule has 4 heterocycles. The van der Waals surface area contributed by atoms with Crippen LogP contribution in [0.15, 0.2) is 73.6 Å². The van der Waals surface area contributed by atoms with Crippen LogP contribution in [0.1, 0.15) is 54.7 Å². The number of aliphatic hydroxyl groups is 1. The molecule has 2 aromatic carbocycles. The van der Waals surface area contributed by atoms with E-state index in [0.717, 1.165) is 69.0 Å². The summed E-state index contributed by atoms with van der Waals surface area (Å²) in [5.74, 6) is 1.37. The average molecular weight is 649 g/mol. The van der Waals surface area contributed by atoms with E-state index in [1.165, 1.54) is 12.7 Å². The Kier molecular flexibility index (Phi) is 9.81. The molecule has 0 unspecified atom stereocenters. The number of imidazole rings is 2. The highest BCUT2D eigenvalue weighted by Gasteiger charge is 2.19. The van der Waals surface area contributed by atoms with Gasteiger partial charge in [-0.3, -0.25) is 0 Å². The van der Waals surface area contributed by atoms with Gasteiger partial charge in [-0.15, -0.1) is 0 Å². The lowest BCUT2D eigenvalue weighted by atomic mass is 9.94. The van der Waals surface area contributed by atoms with Crippen LogP contribution in [-0.4, -0.2) is 61.4 Å². The van der Waals surface area contributed by atoms with Crippen LogP contribution < -0.4 is 9.80 Å². The minimum atomic E-state index is -0.840. The largest absolute Gasteiger partial charge is 0.465 e. The van der Waals surface area contributed by atoms with Gasteiger partial charge in [-0.2, -0.15) is 0 Å². The molecule has 0 fully saturated rings. The first-order valence-electron chi connectivity index (χ1n) is 15.9. The summed E-state index contributed by atoms with van der Waals surface area (Å²) in [6, 6.07) is 15.8. The summed E-state index contributed by atoms with van der Waals surface area (Å²) in [5, 5.41) is 10.2. The highest BCUT2D eigenvalue weighted by Crippen LogP contribution is 2.32. The first kappa shape index (κ1) is 34.1. The number of carbonyl (C=O) groups is 1. The van der Waals surface area contributed by atoms with Gasteiger partial charge in [0, 0.05) is 51.7 Å². The predicted octanol–water partition coefficient (Wildman–Crippen LogP) is 6.61. The van der Waals surface area contributed by atoms with Crippen molar-refractivity contribution in [3.8, 4) is 0 Å². The molecule has 0 saturated heterocycles. The molecule has 0 aliphatic carbocycles. The van der Waals surface area contributed by atoms with E-state index >= 15 is 0 Å². The Morgan fingerprint density at radius 1 is 0.771 bits per heavy atom. The molecule has 0 aliphatic rings. The Morgan fingerprint density at radius 3 is 1.71 bits per heavy atom. The topological polar surface area (TPSA) is 114 Å². The van der Waals surface area contributed by atoms with E-state index in [9.17, 15) is 9.90 Å². The number of fused-ring (bicyclic) bond motifs is 2. The fraction of sp³-hybridized carbons (Fsp3) is 0.324. The molecule has 6 aromatic rings. The molecule has 0 saturated carbocycles. The van der Waals surface area contributed by atoms with Crippen molar-refractivity contribution in [2.24, 2.45) is 14.1 Å². The van der Waals surface area contributed by atoms with Crippen molar-refractivity contribution >= 4 is 51.0 Å². The van der Waals surface area contributed by atoms with Gasteiger partial charge < -0.3 is 28.8 Å². The standard InChI is InChI=1S/C19H24N4O.C18H20N4O2/c1-6-13-9-14(19(2,3)24)7-8-16(13)23(5)18-10-17-15(11-20-18)21-12-22(17)4;1-5-12-8-13(18(23)24-4)6-7-15(12)22(3)17-9-16-14(10-19-17)20-11-21(16)2/h7-12,24H,6H2,1-5H3;6-11H,5H2,1-4H3. The van der Waals surface area contributed by atoms with E-state index < -0.39 is 5.60 Å². The molecular weight excluding hydrogens is 604 g/mol. The zero-order chi connectivity index (χ0) is 34.7. The summed E-state index contributed by atoms with van der Waals surface area (Å²) >= 11 is 0. The van der Waals surface area contributed by atoms with Crippen molar-refractivity contribution in [2.45, 2.75) is 46.1 Å². The Hall–Kier alpha value is -5.29. The maximum Gasteiger partial charge on any atom is 0.337 e. The second kappa shape index (κ2) is 13.8. The van der Waals surface area contributed by atoms with Crippen LogP contribution in [-0.2, 0) is 37.3 Å². The maximum absolute atomic E-state index is 11.7. The van der Waals surface area contributed by atoms with Gasteiger partial charge in [0.05, 0.1) is 54.4 Å². The lowest BCUT2D eigenvalue weighted by Gasteiger charge is -2.25. The predicted molar refractivity (Wildman–Crippen MR) is 191 cm³/mol. The Bertz CT molecular complexity index is 2080. The van der Waals surface area contributed by atoms with Crippen molar-refractivity contribution in [2.75, 3.05) is 31.0 Å². The second-order valence-corrected chi connectivity index (χ2v) is 12.3. The number of ether oxygens (including phenoxy) is 1. The van der Waals surface area contributed by atoms with Gasteiger partial charge in [-0.25, -0.2) is 24.7 Å². The molecule has 0 amide bonds. The third-order valence-electron chi connectivity index (χ3n) is 8.65. The quantitative estimate of drug-likeness (QED) is 0.182. The minimum absolute atomic E-state index is 0.326. The molecule has 250 valence electrons. The third-order valence-corrected chi connectivity index (χ3v) is 8.65. The molecular formula is C37H44N8O3. The monoisotopic (exact) mass is 648 g/mol. The molecule has 48 heavy (non-hydrogen) atoms. The van der Waals surface area contributed by atoms with E-state index in [-0.39, 0.29) is 5.97 Å². The van der Waals surface area contributed by atoms with Crippen LogP contribution in [0, 0.1) is 0 Å². The SMILES string of the molecule is CCc1cc(C(=O)OC)ccc1N(C)c1cc2c(cn1)ncn2C.CCc1cc(C(C)(C)O)ccc1N(C)c1cc2c(cn1)ncn2C. The molecule has 11 heteroatoms. The Balaban J connectivity index is 0.000000188. The number of hydrogen-bond acceptors (Lipinski definition) is 9. The fourth-order valence-corrected chi connectivity index (χ4v) is 5.67. The number of benzene rings is 2. The number of carbonyl (C=O) groups excluding carboxylic acids is 1. The van der Waals surface area contributed by atoms with Crippen molar-refractivity contribution in [1.82, 2.24) is 29.1 Å². The number of rotatable bonds is 8. The lowest BCUT2D eigenvalue weighted by molar-refractivity contribution is 0.0600. The smallest absolute Gasteiger partial charge is 0.337 e. The zero-order valence-corrected chi connectivity index (χ0v) is 29.2. The first-order valence-corrected chi connectivity index (χ1v) is 15.9. The van der Waals surface area contributed by atoms with E-state index in [1.54, 1.807) is 31.1 Å². The summed E-state index contributed by atoms with van der Waals surface area (Å²) in [6.07, 6.45) is 8.84. The normalized spacial score (nSPS) is 11.4. The highest BCUT2D eigenvalue weighted by atomic mass is 16.5. The van der Waals surface area contributed by atoms with E-state index in [4.69, 9.17) is 4.74 Å². The number of nitrogens with zero attached hydrogens (tertiary/aromatic N) is 8. The van der Waals surface area contributed by atoms with Gasteiger partial charge in [0.1, 0.15) is 22.7 Å². The number of esters is 1. The van der Waals surface area contributed by atoms with Crippen molar-refractivity contribution < 1.29 is 14.6 Å². The van der Waals surface area contributed by atoms with Crippen LogP contribution in [0.5, 0.6) is 0 Å². The minimum Gasteiger partial charge on any atom is -0.465 e. The first-order chi connectivity index (χ1) is 22.9. The number of anilines is 4. The van der Waals surface area contributed by atoms with Gasteiger partial charge in [0.2, 0.25) is 0 Å². The molecule has 0 radical (unpaired) electrons. The maximum atomic E-state index is 11.7. The van der Waals surface area contributed by atoms with Gasteiger partial charge >= 0.3 is 5.97 Å². The Morgan fingerprint density at radius 2 is 1.25 bits per heavy atom. The number of methoxy groups -OCH3 is 1. The average Bonchev–Trinajstić information content (AvgIpc) is 3.67. The van der Waals surface area contributed by atoms with E-state index in [0.29, 0.717) is 5.56 Å². The number of pyridine rings is 2. The molecule has 0 aliphatic heterocycles. The van der Waals surface area contributed by atoms with Crippen molar-refractivity contribution in [3.63, 3.8) is 0 Å². The number of aromatic nitrogens is 6. The number of aryl methyl sites for hydroxylation is 4. The van der Waals surface area contributed by atoms with Crippen molar-refractivity contribution in [3.05, 3.63) is 95.8 Å². The van der Waals surface area contributed by atoms with Crippen LogP contribution in [0.3, 0.4) is 0 Å². The molecule has 1 N–H and O–H groups in total. The molecule has 0 bridgehead atoms.